The maximum Gasteiger partial charge on any atom is 0.328 e. The molecule has 1 aromatic carbocycles. The summed E-state index contributed by atoms with van der Waals surface area (Å²) in [7, 11) is 0. The van der Waals surface area contributed by atoms with Crippen molar-refractivity contribution in [1.82, 2.24) is 16.0 Å². The summed E-state index contributed by atoms with van der Waals surface area (Å²) in [6, 6.07) is 4.94. The number of carboxylic acid groups (broad SMARTS) is 1. The summed E-state index contributed by atoms with van der Waals surface area (Å²) in [5.74, 6) is -2.29. The fourth-order valence-corrected chi connectivity index (χ4v) is 3.56. The molecule has 1 heterocycles. The van der Waals surface area contributed by atoms with E-state index in [1.165, 1.54) is 30.5 Å². The largest absolute Gasteiger partial charge is 0.480 e. The van der Waals surface area contributed by atoms with Gasteiger partial charge in [-0.1, -0.05) is 23.2 Å². The van der Waals surface area contributed by atoms with E-state index in [2.05, 4.69) is 16.0 Å². The molecule has 1 aliphatic rings. The van der Waals surface area contributed by atoms with Gasteiger partial charge in [0.25, 0.3) is 5.91 Å². The van der Waals surface area contributed by atoms with Gasteiger partial charge in [0.05, 0.1) is 21.9 Å². The van der Waals surface area contributed by atoms with Crippen molar-refractivity contribution in [2.75, 3.05) is 6.54 Å². The number of rotatable bonds is 10. The Morgan fingerprint density at radius 1 is 1.15 bits per heavy atom. The van der Waals surface area contributed by atoms with Gasteiger partial charge in [0.15, 0.2) is 0 Å². The molecule has 4 N–H and O–H groups in total. The van der Waals surface area contributed by atoms with Crippen LogP contribution in [0.4, 0.5) is 0 Å². The lowest BCUT2D eigenvalue weighted by Crippen LogP contribution is -2.48. The van der Waals surface area contributed by atoms with Gasteiger partial charge >= 0.3 is 5.97 Å². The molecule has 3 rings (SSSR count). The van der Waals surface area contributed by atoms with E-state index in [9.17, 15) is 24.3 Å². The minimum absolute atomic E-state index is 0.0125. The zero-order valence-electron chi connectivity index (χ0n) is 17.3. The van der Waals surface area contributed by atoms with Crippen molar-refractivity contribution in [3.8, 4) is 0 Å². The zero-order chi connectivity index (χ0) is 24.0. The lowest BCUT2D eigenvalue weighted by atomic mass is 10.1. The Morgan fingerprint density at radius 2 is 1.85 bits per heavy atom. The Kier molecular flexibility index (Phi) is 8.13. The molecule has 3 amide bonds. The highest BCUT2D eigenvalue weighted by Crippen LogP contribution is 2.29. The van der Waals surface area contributed by atoms with Gasteiger partial charge < -0.3 is 25.5 Å². The molecule has 2 aromatic rings. The Bertz CT molecular complexity index is 1060. The van der Waals surface area contributed by atoms with Crippen molar-refractivity contribution in [3.05, 3.63) is 63.5 Å². The molecule has 0 spiro atoms. The predicted molar refractivity (Wildman–Crippen MR) is 121 cm³/mol. The second-order valence-electron chi connectivity index (χ2n) is 7.38. The summed E-state index contributed by atoms with van der Waals surface area (Å²) in [4.78, 5) is 47.8. The van der Waals surface area contributed by atoms with Crippen LogP contribution in [0.3, 0.4) is 0 Å². The van der Waals surface area contributed by atoms with Crippen molar-refractivity contribution in [1.29, 1.82) is 0 Å². The molecule has 1 atom stereocenters. The fraction of sp³-hybridized carbons (Fsp3) is 0.273. The van der Waals surface area contributed by atoms with Crippen LogP contribution in [0, 0.1) is 5.92 Å². The monoisotopic (exact) mass is 493 g/mol. The van der Waals surface area contributed by atoms with Crippen molar-refractivity contribution in [2.45, 2.75) is 25.4 Å². The third-order valence-corrected chi connectivity index (χ3v) is 5.37. The molecule has 174 valence electrons. The normalized spacial score (nSPS) is 14.0. The number of benzene rings is 1. The van der Waals surface area contributed by atoms with Crippen molar-refractivity contribution in [3.63, 3.8) is 0 Å². The number of halogens is 2. The highest BCUT2D eigenvalue weighted by Gasteiger charge is 2.31. The highest BCUT2D eigenvalue weighted by molar-refractivity contribution is 6.39. The Morgan fingerprint density at radius 3 is 2.42 bits per heavy atom. The van der Waals surface area contributed by atoms with Gasteiger partial charge in [0.2, 0.25) is 11.8 Å². The van der Waals surface area contributed by atoms with Crippen LogP contribution >= 0.6 is 23.2 Å². The molecule has 1 aromatic heterocycles. The van der Waals surface area contributed by atoms with Gasteiger partial charge in [-0.05, 0) is 48.7 Å². The second kappa shape index (κ2) is 11.0. The Hall–Kier alpha value is -3.30. The van der Waals surface area contributed by atoms with Crippen molar-refractivity contribution >= 4 is 53.0 Å². The quantitative estimate of drug-likeness (QED) is 0.375. The minimum atomic E-state index is -1.35. The highest BCUT2D eigenvalue weighted by atomic mass is 35.5. The standard InChI is InChI=1S/C22H21Cl2N3O6/c23-15-8-12(10-25-18(28)6-5-14-2-1-7-33-14)9-16(24)19(15)21(30)27-17(22(31)32)11-26-20(29)13-3-4-13/h1-2,5-9,13,17H,3-4,10-11H2,(H,25,28)(H,26,29)(H,27,30)(H,31,32)/b6-5+/t17-/m0/s1. The lowest BCUT2D eigenvalue weighted by Gasteiger charge is -2.17. The molecule has 11 heteroatoms. The summed E-state index contributed by atoms with van der Waals surface area (Å²) in [5.41, 5.74) is 0.429. The molecule has 0 aliphatic heterocycles. The lowest BCUT2D eigenvalue weighted by molar-refractivity contribution is -0.139. The second-order valence-corrected chi connectivity index (χ2v) is 8.20. The molecular formula is C22H21Cl2N3O6. The van der Waals surface area contributed by atoms with Crippen LogP contribution in [0.25, 0.3) is 6.08 Å². The number of hydrogen-bond acceptors (Lipinski definition) is 5. The third-order valence-electron chi connectivity index (χ3n) is 4.77. The first-order valence-corrected chi connectivity index (χ1v) is 10.8. The molecule has 0 radical (unpaired) electrons. The number of carboxylic acids is 1. The number of hydrogen-bond donors (Lipinski definition) is 4. The summed E-state index contributed by atoms with van der Waals surface area (Å²) in [6.45, 7) is -0.172. The topological polar surface area (TPSA) is 138 Å². The van der Waals surface area contributed by atoms with E-state index >= 15 is 0 Å². The molecular weight excluding hydrogens is 473 g/mol. The van der Waals surface area contributed by atoms with Gasteiger partial charge in [0, 0.05) is 25.1 Å². The molecule has 1 aliphatic carbocycles. The number of furan rings is 1. The number of nitrogens with one attached hydrogen (secondary N) is 3. The maximum absolute atomic E-state index is 12.6. The van der Waals surface area contributed by atoms with Gasteiger partial charge in [-0.2, -0.15) is 0 Å². The summed E-state index contributed by atoms with van der Waals surface area (Å²) < 4.78 is 5.10. The van der Waals surface area contributed by atoms with E-state index in [-0.39, 0.29) is 46.4 Å². The molecule has 0 unspecified atom stereocenters. The van der Waals surface area contributed by atoms with E-state index in [1.807, 2.05) is 0 Å². The minimum Gasteiger partial charge on any atom is -0.480 e. The van der Waals surface area contributed by atoms with E-state index < -0.39 is 17.9 Å². The Balaban J connectivity index is 1.59. The van der Waals surface area contributed by atoms with Crippen LogP contribution in [-0.2, 0) is 20.9 Å². The Labute approximate surface area is 199 Å². The van der Waals surface area contributed by atoms with Crippen LogP contribution in [0.2, 0.25) is 10.0 Å². The molecule has 1 saturated carbocycles. The smallest absolute Gasteiger partial charge is 0.328 e. The predicted octanol–water partition coefficient (Wildman–Crippen LogP) is 2.63. The maximum atomic E-state index is 12.6. The number of carbonyl (C=O) groups is 4. The van der Waals surface area contributed by atoms with Crippen LogP contribution in [0.15, 0.2) is 41.0 Å². The number of aliphatic carboxylic acids is 1. The summed E-state index contributed by atoms with van der Waals surface area (Å²) in [5, 5.41) is 16.8. The third kappa shape index (κ3) is 7.10. The first-order valence-electron chi connectivity index (χ1n) is 10.0. The van der Waals surface area contributed by atoms with Crippen LogP contribution in [0.1, 0.15) is 34.5 Å². The zero-order valence-corrected chi connectivity index (χ0v) is 18.8. The van der Waals surface area contributed by atoms with E-state index in [4.69, 9.17) is 27.6 Å². The SMILES string of the molecule is O=C(/C=C/c1ccco1)NCc1cc(Cl)c(C(=O)N[C@@H](CNC(=O)C2CC2)C(=O)O)c(Cl)c1. The molecule has 1 fully saturated rings. The average Bonchev–Trinajstić information content (AvgIpc) is 3.48. The van der Waals surface area contributed by atoms with E-state index in [0.29, 0.717) is 11.3 Å². The van der Waals surface area contributed by atoms with E-state index in [0.717, 1.165) is 12.8 Å². The van der Waals surface area contributed by atoms with Gasteiger partial charge in [-0.25, -0.2) is 4.79 Å². The first-order chi connectivity index (χ1) is 15.7. The van der Waals surface area contributed by atoms with Crippen LogP contribution in [0.5, 0.6) is 0 Å². The summed E-state index contributed by atoms with van der Waals surface area (Å²) >= 11 is 12.4. The molecule has 9 nitrogen and oxygen atoms in total. The van der Waals surface area contributed by atoms with Gasteiger partial charge in [0.1, 0.15) is 11.8 Å². The van der Waals surface area contributed by atoms with E-state index in [1.54, 1.807) is 12.1 Å². The molecule has 0 saturated heterocycles. The fourth-order valence-electron chi connectivity index (χ4n) is 2.86. The van der Waals surface area contributed by atoms with Crippen LogP contribution < -0.4 is 16.0 Å². The first kappa shape index (κ1) is 24.3. The van der Waals surface area contributed by atoms with Crippen molar-refractivity contribution in [2.24, 2.45) is 5.92 Å². The van der Waals surface area contributed by atoms with Crippen molar-refractivity contribution < 1.29 is 28.7 Å². The molecule has 33 heavy (non-hydrogen) atoms. The van der Waals surface area contributed by atoms with Gasteiger partial charge in [-0.3, -0.25) is 14.4 Å². The molecule has 0 bridgehead atoms. The number of carbonyl (C=O) groups excluding carboxylic acids is 3. The van der Waals surface area contributed by atoms with Crippen LogP contribution in [-0.4, -0.2) is 41.4 Å². The number of amides is 3. The van der Waals surface area contributed by atoms with Gasteiger partial charge in [-0.15, -0.1) is 0 Å². The summed E-state index contributed by atoms with van der Waals surface area (Å²) in [6.07, 6.45) is 5.84. The average molecular weight is 494 g/mol.